The second-order valence-corrected chi connectivity index (χ2v) is 8.74. The third-order valence-corrected chi connectivity index (χ3v) is 3.97. The van der Waals surface area contributed by atoms with Crippen LogP contribution in [0.15, 0.2) is 24.3 Å². The number of benzene rings is 1. The van der Waals surface area contributed by atoms with Crippen LogP contribution in [0.4, 0.5) is 15.3 Å². The molecular weight excluding hydrogens is 378 g/mol. The van der Waals surface area contributed by atoms with Gasteiger partial charge in [0.05, 0.1) is 5.69 Å². The van der Waals surface area contributed by atoms with Crippen LogP contribution in [0, 0.1) is 0 Å². The van der Waals surface area contributed by atoms with Crippen molar-refractivity contribution in [3.8, 4) is 0 Å². The molecule has 1 heterocycles. The molecule has 1 aromatic rings. The Morgan fingerprint density at radius 3 is 2.17 bits per heavy atom. The van der Waals surface area contributed by atoms with Crippen molar-refractivity contribution < 1.29 is 33.4 Å². The summed E-state index contributed by atoms with van der Waals surface area (Å²) in [5.74, 6) is -0.805. The molecule has 1 aromatic carbocycles. The number of rotatable bonds is 4. The highest BCUT2D eigenvalue weighted by Gasteiger charge is 2.57. The first-order valence-electron chi connectivity index (χ1n) is 9.33. The molecule has 158 valence electrons. The number of anilines is 1. The van der Waals surface area contributed by atoms with E-state index < -0.39 is 35.0 Å². The first-order valence-corrected chi connectivity index (χ1v) is 9.33. The smallest absolute Gasteiger partial charge is 0.443 e. The molecule has 8 heteroatoms. The monoisotopic (exact) mass is 405 g/mol. The summed E-state index contributed by atoms with van der Waals surface area (Å²) in [6.07, 6.45) is -1.55. The molecule has 0 N–H and O–H groups in total. The summed E-state index contributed by atoms with van der Waals surface area (Å²) in [6, 6.07) is 6.43. The molecule has 29 heavy (non-hydrogen) atoms. The van der Waals surface area contributed by atoms with Crippen molar-refractivity contribution in [2.75, 3.05) is 4.90 Å². The van der Waals surface area contributed by atoms with Crippen molar-refractivity contribution in [1.82, 2.24) is 0 Å². The molecule has 0 radical (unpaired) electrons. The number of fused-ring (bicyclic) bond motifs is 1. The maximum Gasteiger partial charge on any atom is 0.510 e. The number of ether oxygens (including phenoxy) is 3. The third kappa shape index (κ3) is 4.93. The predicted molar refractivity (Wildman–Crippen MR) is 104 cm³/mol. The van der Waals surface area contributed by atoms with E-state index in [4.69, 9.17) is 14.2 Å². The Morgan fingerprint density at radius 1 is 1.03 bits per heavy atom. The minimum atomic E-state index is -1.86. The summed E-state index contributed by atoms with van der Waals surface area (Å²) in [5, 5.41) is 0. The van der Waals surface area contributed by atoms with E-state index in [1.807, 2.05) is 0 Å². The van der Waals surface area contributed by atoms with E-state index in [1.54, 1.807) is 65.8 Å². The molecule has 2 rings (SSSR count). The number of hydrogen-bond acceptors (Lipinski definition) is 7. The topological polar surface area (TPSA) is 99.2 Å². The molecule has 0 spiro atoms. The van der Waals surface area contributed by atoms with E-state index in [0.717, 1.165) is 4.90 Å². The number of para-hydroxylation sites is 1. The van der Waals surface area contributed by atoms with E-state index in [9.17, 15) is 19.2 Å². The van der Waals surface area contributed by atoms with Gasteiger partial charge in [-0.2, -0.15) is 0 Å². The number of hydrogen-bond donors (Lipinski definition) is 0. The maximum absolute atomic E-state index is 13.4. The zero-order chi connectivity index (χ0) is 22.0. The Morgan fingerprint density at radius 2 is 1.62 bits per heavy atom. The number of nitrogens with zero attached hydrogens (tertiary/aromatic N) is 1. The van der Waals surface area contributed by atoms with Gasteiger partial charge in [-0.25, -0.2) is 14.5 Å². The fraction of sp³-hybridized carbons (Fsp3) is 0.524. The summed E-state index contributed by atoms with van der Waals surface area (Å²) >= 11 is 0. The highest BCUT2D eigenvalue weighted by molar-refractivity contribution is 6.20. The van der Waals surface area contributed by atoms with Gasteiger partial charge in [0.25, 0.3) is 5.91 Å². The lowest BCUT2D eigenvalue weighted by molar-refractivity contribution is -0.143. The summed E-state index contributed by atoms with van der Waals surface area (Å²) in [5.41, 5.74) is -3.03. The average molecular weight is 405 g/mol. The van der Waals surface area contributed by atoms with Gasteiger partial charge in [-0.1, -0.05) is 18.2 Å². The molecule has 1 unspecified atom stereocenters. The van der Waals surface area contributed by atoms with Crippen LogP contribution in [0.5, 0.6) is 0 Å². The molecule has 0 saturated carbocycles. The van der Waals surface area contributed by atoms with E-state index >= 15 is 0 Å². The Kier molecular flexibility index (Phi) is 6.06. The molecule has 1 aliphatic heterocycles. The van der Waals surface area contributed by atoms with Crippen molar-refractivity contribution in [3.63, 3.8) is 0 Å². The quantitative estimate of drug-likeness (QED) is 0.549. The van der Waals surface area contributed by atoms with Gasteiger partial charge >= 0.3 is 12.2 Å². The van der Waals surface area contributed by atoms with Gasteiger partial charge in [-0.15, -0.1) is 0 Å². The molecule has 8 nitrogen and oxygen atoms in total. The minimum absolute atomic E-state index is 0.0645. The molecule has 0 bridgehead atoms. The molecule has 2 amide bonds. The summed E-state index contributed by atoms with van der Waals surface area (Å²) in [6.45, 7) is 9.99. The molecule has 0 fully saturated rings. The molecule has 0 aromatic heterocycles. The van der Waals surface area contributed by atoms with Crippen LogP contribution in [0.25, 0.3) is 0 Å². The van der Waals surface area contributed by atoms with Crippen molar-refractivity contribution >= 4 is 30.1 Å². The van der Waals surface area contributed by atoms with Crippen LogP contribution in [-0.4, -0.2) is 35.6 Å². The van der Waals surface area contributed by atoms with Crippen molar-refractivity contribution in [1.29, 1.82) is 0 Å². The maximum atomic E-state index is 13.4. The summed E-state index contributed by atoms with van der Waals surface area (Å²) in [7, 11) is 0. The van der Waals surface area contributed by atoms with E-state index in [2.05, 4.69) is 0 Å². The number of amides is 2. The van der Waals surface area contributed by atoms with Gasteiger partial charge in [0.15, 0.2) is 0 Å². The van der Waals surface area contributed by atoms with Gasteiger partial charge in [-0.05, 0) is 47.6 Å². The van der Waals surface area contributed by atoms with Crippen molar-refractivity contribution in [2.24, 2.45) is 0 Å². The summed E-state index contributed by atoms with van der Waals surface area (Å²) < 4.78 is 16.1. The second kappa shape index (κ2) is 7.85. The second-order valence-electron chi connectivity index (χ2n) is 8.74. The van der Waals surface area contributed by atoms with Crippen molar-refractivity contribution in [2.45, 2.75) is 71.2 Å². The predicted octanol–water partition coefficient (Wildman–Crippen LogP) is 4.09. The van der Waals surface area contributed by atoms with Crippen LogP contribution < -0.4 is 4.90 Å². The Hall–Kier alpha value is -2.90. The van der Waals surface area contributed by atoms with Gasteiger partial charge in [0, 0.05) is 18.4 Å². The highest BCUT2D eigenvalue weighted by Crippen LogP contribution is 2.46. The van der Waals surface area contributed by atoms with Gasteiger partial charge in [0.1, 0.15) is 17.5 Å². The standard InChI is InChI=1S/C21H27NO7/c1-19(2,3)27-17(25)22-15-11-8-7-10-14(15)21(16(22)24,12-9-13-23)29-18(26)28-20(4,5)6/h7-8,10-11,13H,9,12H2,1-6H3. The van der Waals surface area contributed by atoms with E-state index in [-0.39, 0.29) is 18.5 Å². The number of carbonyl (C=O) groups excluding carboxylic acids is 4. The fourth-order valence-electron chi connectivity index (χ4n) is 2.97. The molecule has 1 aliphatic rings. The van der Waals surface area contributed by atoms with Crippen molar-refractivity contribution in [3.05, 3.63) is 29.8 Å². The zero-order valence-electron chi connectivity index (χ0n) is 17.6. The molecule has 1 atom stereocenters. The number of aldehydes is 1. The Bertz CT molecular complexity index is 819. The van der Waals surface area contributed by atoms with Crippen LogP contribution in [0.2, 0.25) is 0 Å². The SMILES string of the molecule is CC(C)(C)OC(=O)OC1(CCC=O)C(=O)N(C(=O)OC(C)(C)C)c2ccccc21. The minimum Gasteiger partial charge on any atom is -0.443 e. The number of imide groups is 1. The Labute approximate surface area is 170 Å². The van der Waals surface area contributed by atoms with Gasteiger partial charge in [0.2, 0.25) is 5.60 Å². The highest BCUT2D eigenvalue weighted by atomic mass is 16.7. The van der Waals surface area contributed by atoms with Crippen LogP contribution in [0.1, 0.15) is 59.9 Å². The van der Waals surface area contributed by atoms with Crippen LogP contribution >= 0.6 is 0 Å². The first-order chi connectivity index (χ1) is 13.3. The van der Waals surface area contributed by atoms with Crippen LogP contribution in [-0.2, 0) is 29.4 Å². The number of carbonyl (C=O) groups is 4. The summed E-state index contributed by atoms with van der Waals surface area (Å²) in [4.78, 5) is 50.5. The van der Waals surface area contributed by atoms with Crippen LogP contribution in [0.3, 0.4) is 0 Å². The van der Waals surface area contributed by atoms with Gasteiger partial charge < -0.3 is 19.0 Å². The zero-order valence-corrected chi connectivity index (χ0v) is 17.6. The van der Waals surface area contributed by atoms with Gasteiger partial charge in [-0.3, -0.25) is 4.79 Å². The normalized spacial score (nSPS) is 18.8. The lowest BCUT2D eigenvalue weighted by Gasteiger charge is -2.29. The molecule has 0 saturated heterocycles. The Balaban J connectivity index is 2.52. The average Bonchev–Trinajstić information content (AvgIpc) is 2.79. The van der Waals surface area contributed by atoms with E-state index in [0.29, 0.717) is 11.8 Å². The lowest BCUT2D eigenvalue weighted by Crippen LogP contribution is -2.48. The van der Waals surface area contributed by atoms with E-state index in [1.165, 1.54) is 0 Å². The third-order valence-electron chi connectivity index (χ3n) is 3.97. The largest absolute Gasteiger partial charge is 0.510 e. The first kappa shape index (κ1) is 22.4. The molecular formula is C21H27NO7. The fourth-order valence-corrected chi connectivity index (χ4v) is 2.97. The lowest BCUT2D eigenvalue weighted by atomic mass is 9.90. The molecule has 0 aliphatic carbocycles.